The number of rotatable bonds is 41. The third-order valence-corrected chi connectivity index (χ3v) is 10.3. The molecule has 0 spiro atoms. The predicted molar refractivity (Wildman–Crippen MR) is 230 cm³/mol. The van der Waals surface area contributed by atoms with E-state index in [1.54, 1.807) is 6.08 Å². The third kappa shape index (κ3) is 40.1. The largest absolute Gasteiger partial charge is 0.472 e. The molecule has 0 aromatic heterocycles. The van der Waals surface area contributed by atoms with Crippen molar-refractivity contribution in [1.29, 1.82) is 0 Å². The number of phosphoric ester groups is 1. The fourth-order valence-electron chi connectivity index (χ4n) is 5.94. The van der Waals surface area contributed by atoms with Crippen LogP contribution in [0.3, 0.4) is 0 Å². The summed E-state index contributed by atoms with van der Waals surface area (Å²) in [6, 6.07) is 0. The molecule has 0 aliphatic rings. The summed E-state index contributed by atoms with van der Waals surface area (Å²) in [5.74, 6) is -0.932. The van der Waals surface area contributed by atoms with E-state index in [1.807, 2.05) is 36.5 Å². The van der Waals surface area contributed by atoms with Gasteiger partial charge in [0.25, 0.3) is 0 Å². The van der Waals surface area contributed by atoms with Gasteiger partial charge in [-0.3, -0.25) is 18.6 Å². The Labute approximate surface area is 341 Å². The summed E-state index contributed by atoms with van der Waals surface area (Å²) >= 11 is 0. The first-order valence-electron chi connectivity index (χ1n) is 22.2. The molecule has 0 radical (unpaired) electrons. The van der Waals surface area contributed by atoms with Crippen molar-refractivity contribution in [2.75, 3.05) is 26.4 Å². The number of aliphatic hydroxyl groups excluding tert-OH is 1. The Morgan fingerprint density at radius 2 is 1.16 bits per heavy atom. The zero-order valence-corrected chi connectivity index (χ0v) is 36.4. The van der Waals surface area contributed by atoms with E-state index in [0.717, 1.165) is 32.1 Å². The summed E-state index contributed by atoms with van der Waals surface area (Å²) in [5.41, 5.74) is 5.34. The van der Waals surface area contributed by atoms with Gasteiger partial charge in [-0.25, -0.2) is 4.57 Å². The number of ether oxygens (including phenoxy) is 2. The van der Waals surface area contributed by atoms with Crippen molar-refractivity contribution in [1.82, 2.24) is 0 Å². The Morgan fingerprint density at radius 3 is 1.77 bits per heavy atom. The lowest BCUT2D eigenvalue weighted by Gasteiger charge is -2.19. The summed E-state index contributed by atoms with van der Waals surface area (Å²) in [4.78, 5) is 34.9. The summed E-state index contributed by atoms with van der Waals surface area (Å²) in [6.45, 7) is 3.56. The Hall–Kier alpha value is -2.07. The number of esters is 2. The highest BCUT2D eigenvalue weighted by Crippen LogP contribution is 2.43. The first kappa shape index (κ1) is 53.9. The van der Waals surface area contributed by atoms with Crippen LogP contribution in [0.25, 0.3) is 0 Å². The molecule has 0 rings (SSSR count). The van der Waals surface area contributed by atoms with E-state index in [9.17, 15) is 24.2 Å². The zero-order chi connectivity index (χ0) is 41.2. The number of allylic oxidation sites excluding steroid dienone is 6. The minimum absolute atomic E-state index is 0.0339. The monoisotopic (exact) mass is 812 g/mol. The first-order chi connectivity index (χ1) is 27.2. The number of carbonyl (C=O) groups excluding carboxylic acids is 2. The van der Waals surface area contributed by atoms with Crippen LogP contribution in [0.2, 0.25) is 0 Å². The lowest BCUT2D eigenvalue weighted by atomic mass is 10.0. The lowest BCUT2D eigenvalue weighted by molar-refractivity contribution is -0.161. The Kier molecular flexibility index (Phi) is 39.6. The number of unbranched alkanes of at least 4 members (excludes halogenated alkanes) is 20. The number of aliphatic hydroxyl groups is 1. The second kappa shape index (κ2) is 41.1. The Balaban J connectivity index is 4.28. The van der Waals surface area contributed by atoms with Gasteiger partial charge in [0.2, 0.25) is 0 Å². The maximum Gasteiger partial charge on any atom is 0.472 e. The molecular weight excluding hydrogens is 729 g/mol. The molecule has 0 aromatic carbocycles. The summed E-state index contributed by atoms with van der Waals surface area (Å²) in [6.07, 6.45) is 43.1. The maximum absolute atomic E-state index is 12.6. The van der Waals surface area contributed by atoms with E-state index in [0.29, 0.717) is 19.3 Å². The van der Waals surface area contributed by atoms with Crippen molar-refractivity contribution in [2.45, 2.75) is 199 Å². The van der Waals surface area contributed by atoms with E-state index in [4.69, 9.17) is 24.3 Å². The molecule has 0 bridgehead atoms. The fraction of sp³-hybridized carbons (Fsp3) is 0.778. The van der Waals surface area contributed by atoms with Gasteiger partial charge in [-0.15, -0.1) is 0 Å². The first-order valence-corrected chi connectivity index (χ1v) is 23.7. The third-order valence-electron chi connectivity index (χ3n) is 9.30. The minimum atomic E-state index is -4.41. The number of nitrogens with two attached hydrogens (primary N) is 1. The maximum atomic E-state index is 12.6. The van der Waals surface area contributed by atoms with Crippen LogP contribution in [0.1, 0.15) is 187 Å². The molecule has 4 N–H and O–H groups in total. The quantitative estimate of drug-likeness (QED) is 0.0179. The van der Waals surface area contributed by atoms with Gasteiger partial charge in [-0.2, -0.15) is 0 Å². The van der Waals surface area contributed by atoms with Crippen LogP contribution < -0.4 is 5.73 Å². The normalized spacial score (nSPS) is 14.3. The van der Waals surface area contributed by atoms with Gasteiger partial charge < -0.3 is 25.2 Å². The van der Waals surface area contributed by atoms with Crippen LogP contribution in [0.5, 0.6) is 0 Å². The molecule has 0 fully saturated rings. The minimum Gasteiger partial charge on any atom is -0.462 e. The Morgan fingerprint density at radius 1 is 0.625 bits per heavy atom. The fourth-order valence-corrected chi connectivity index (χ4v) is 6.71. The molecule has 0 aliphatic carbocycles. The summed E-state index contributed by atoms with van der Waals surface area (Å²) < 4.78 is 32.7. The smallest absolute Gasteiger partial charge is 0.462 e. The lowest BCUT2D eigenvalue weighted by Crippen LogP contribution is -2.29. The van der Waals surface area contributed by atoms with Crippen molar-refractivity contribution in [2.24, 2.45) is 5.73 Å². The topological polar surface area (TPSA) is 155 Å². The number of hydrogen-bond donors (Lipinski definition) is 3. The van der Waals surface area contributed by atoms with Crippen molar-refractivity contribution < 1.29 is 42.7 Å². The van der Waals surface area contributed by atoms with E-state index in [1.165, 1.54) is 109 Å². The average Bonchev–Trinajstić information content (AvgIpc) is 3.18. The molecule has 0 heterocycles. The zero-order valence-electron chi connectivity index (χ0n) is 35.5. The van der Waals surface area contributed by atoms with Crippen molar-refractivity contribution in [3.63, 3.8) is 0 Å². The summed E-state index contributed by atoms with van der Waals surface area (Å²) in [7, 11) is -4.41. The van der Waals surface area contributed by atoms with E-state index in [-0.39, 0.29) is 32.6 Å². The van der Waals surface area contributed by atoms with Crippen LogP contribution in [0, 0.1) is 0 Å². The molecule has 0 aliphatic heterocycles. The van der Waals surface area contributed by atoms with Gasteiger partial charge in [0.05, 0.1) is 19.3 Å². The van der Waals surface area contributed by atoms with Gasteiger partial charge in [-0.1, -0.05) is 178 Å². The summed E-state index contributed by atoms with van der Waals surface area (Å²) in [5, 5.41) is 10.1. The molecule has 0 amide bonds. The molecule has 56 heavy (non-hydrogen) atoms. The predicted octanol–water partition coefficient (Wildman–Crippen LogP) is 11.7. The van der Waals surface area contributed by atoms with Crippen LogP contribution in [-0.4, -0.2) is 60.5 Å². The van der Waals surface area contributed by atoms with Gasteiger partial charge in [0.15, 0.2) is 6.10 Å². The number of hydrogen-bond acceptors (Lipinski definition) is 9. The van der Waals surface area contributed by atoms with E-state index >= 15 is 0 Å². The highest BCUT2D eigenvalue weighted by Gasteiger charge is 2.26. The second-order valence-electron chi connectivity index (χ2n) is 14.8. The van der Waals surface area contributed by atoms with Crippen molar-refractivity contribution in [3.05, 3.63) is 48.6 Å². The Bertz CT molecular complexity index is 1080. The second-order valence-corrected chi connectivity index (χ2v) is 16.2. The van der Waals surface area contributed by atoms with Crippen LogP contribution >= 0.6 is 7.82 Å². The van der Waals surface area contributed by atoms with Gasteiger partial charge in [0, 0.05) is 19.4 Å². The SMILES string of the molecule is CCCCC/C=C\C=C/[C@H](O)C/C=C\C/C=C/CCCC(=O)O[C@H](COC(=O)CCCCCCCCCCCCCCCCCCC)COP(=O)(O)OCCN. The molecule has 326 valence electrons. The standard InChI is InChI=1S/C45H82NO9P/c1-3-5-7-9-11-12-13-14-15-16-17-18-19-20-24-28-32-36-44(48)52-40-43(41-54-56(50,51)53-39-38-46)55-45(49)37-33-29-25-21-23-27-31-35-42(47)34-30-26-22-10-8-6-4-2/h21-22,25-27,30-31,34,42-43,47H,3-20,23-24,28-29,32-33,35-41,46H2,1-2H3,(H,50,51)/b25-21+,26-22-,31-27-,34-30-/t42-,43+/m0/s1. The molecule has 0 saturated carbocycles. The van der Waals surface area contributed by atoms with Gasteiger partial charge in [0.1, 0.15) is 6.61 Å². The number of carbonyl (C=O) groups is 2. The highest BCUT2D eigenvalue weighted by molar-refractivity contribution is 7.47. The van der Waals surface area contributed by atoms with Gasteiger partial charge in [-0.05, 0) is 44.9 Å². The highest BCUT2D eigenvalue weighted by atomic mass is 31.2. The van der Waals surface area contributed by atoms with E-state index < -0.39 is 38.6 Å². The molecule has 3 atom stereocenters. The molecule has 0 saturated heterocycles. The van der Waals surface area contributed by atoms with Crippen LogP contribution in [0.4, 0.5) is 0 Å². The van der Waals surface area contributed by atoms with Crippen molar-refractivity contribution >= 4 is 19.8 Å². The molecule has 10 nitrogen and oxygen atoms in total. The molecular formula is C45H82NO9P. The average molecular weight is 812 g/mol. The molecule has 11 heteroatoms. The van der Waals surface area contributed by atoms with E-state index in [2.05, 4.69) is 19.9 Å². The molecule has 0 aromatic rings. The number of phosphoric acid groups is 1. The molecule has 1 unspecified atom stereocenters. The van der Waals surface area contributed by atoms with Crippen LogP contribution in [-0.2, 0) is 32.7 Å². The van der Waals surface area contributed by atoms with Crippen LogP contribution in [0.15, 0.2) is 48.6 Å². The van der Waals surface area contributed by atoms with Crippen molar-refractivity contribution in [3.8, 4) is 0 Å². The van der Waals surface area contributed by atoms with Gasteiger partial charge >= 0.3 is 19.8 Å².